The molecule has 0 bridgehead atoms. The first-order valence-electron chi connectivity index (χ1n) is 7.22. The van der Waals surface area contributed by atoms with Crippen LogP contribution >= 0.6 is 11.3 Å². The number of carboxylic acids is 1. The van der Waals surface area contributed by atoms with Gasteiger partial charge in [0.15, 0.2) is 0 Å². The molecule has 1 saturated heterocycles. The first-order valence-corrected chi connectivity index (χ1v) is 8.10. The summed E-state index contributed by atoms with van der Waals surface area (Å²) >= 11 is 1.65. The molecule has 0 radical (unpaired) electrons. The molecule has 1 aliphatic carbocycles. The minimum Gasteiger partial charge on any atom is -0.480 e. The van der Waals surface area contributed by atoms with E-state index in [1.54, 1.807) is 16.2 Å². The molecule has 2 aliphatic rings. The van der Waals surface area contributed by atoms with Crippen LogP contribution in [-0.4, -0.2) is 34.5 Å². The summed E-state index contributed by atoms with van der Waals surface area (Å²) in [4.78, 5) is 27.0. The molecule has 1 aliphatic heterocycles. The molecule has 2 unspecified atom stereocenters. The quantitative estimate of drug-likeness (QED) is 0.911. The molecular formula is C15H19NO3S. The first kappa shape index (κ1) is 13.6. The Morgan fingerprint density at radius 1 is 1.35 bits per heavy atom. The lowest BCUT2D eigenvalue weighted by Crippen LogP contribution is -2.43. The van der Waals surface area contributed by atoms with Crippen LogP contribution < -0.4 is 0 Å². The Hall–Kier alpha value is -1.36. The molecular weight excluding hydrogens is 274 g/mol. The zero-order chi connectivity index (χ0) is 14.3. The van der Waals surface area contributed by atoms with Crippen molar-refractivity contribution >= 4 is 23.2 Å². The van der Waals surface area contributed by atoms with Gasteiger partial charge < -0.3 is 10.0 Å². The van der Waals surface area contributed by atoms with Crippen LogP contribution in [0.1, 0.15) is 47.0 Å². The summed E-state index contributed by atoms with van der Waals surface area (Å²) in [5.41, 5.74) is 1.93. The van der Waals surface area contributed by atoms with Gasteiger partial charge in [-0.2, -0.15) is 0 Å². The predicted molar refractivity (Wildman–Crippen MR) is 77.2 cm³/mol. The standard InChI is InChI=1S/C15H19NO3S/c1-9-6-7-16(13(9)15(18)19)14(17)11-8-20-12-5-3-2-4-10(11)12/h8-9,13H,2-7H2,1H3,(H,18,19). The van der Waals surface area contributed by atoms with E-state index in [9.17, 15) is 14.7 Å². The number of hydrogen-bond acceptors (Lipinski definition) is 3. The number of carboxylic acid groups (broad SMARTS) is 1. The summed E-state index contributed by atoms with van der Waals surface area (Å²) in [6.07, 6.45) is 5.12. The number of nitrogens with zero attached hydrogens (tertiary/aromatic N) is 1. The van der Waals surface area contributed by atoms with Crippen molar-refractivity contribution in [1.82, 2.24) is 4.90 Å². The molecule has 2 atom stereocenters. The van der Waals surface area contributed by atoms with E-state index in [4.69, 9.17) is 0 Å². The summed E-state index contributed by atoms with van der Waals surface area (Å²) in [5, 5.41) is 11.3. The number of rotatable bonds is 2. The lowest BCUT2D eigenvalue weighted by Gasteiger charge is -2.24. The Morgan fingerprint density at radius 2 is 2.10 bits per heavy atom. The number of hydrogen-bond donors (Lipinski definition) is 1. The number of carbonyl (C=O) groups is 2. The molecule has 0 spiro atoms. The molecule has 1 amide bonds. The van der Waals surface area contributed by atoms with E-state index in [1.165, 1.54) is 16.9 Å². The molecule has 0 aromatic carbocycles. The van der Waals surface area contributed by atoms with Gasteiger partial charge in [-0.05, 0) is 43.6 Å². The minimum atomic E-state index is -0.882. The lowest BCUT2D eigenvalue weighted by atomic mass is 9.95. The van der Waals surface area contributed by atoms with Gasteiger partial charge in [0.05, 0.1) is 5.56 Å². The second-order valence-electron chi connectivity index (χ2n) is 5.81. The van der Waals surface area contributed by atoms with Crippen LogP contribution in [0.5, 0.6) is 0 Å². The van der Waals surface area contributed by atoms with Gasteiger partial charge in [-0.1, -0.05) is 6.92 Å². The summed E-state index contributed by atoms with van der Waals surface area (Å²) < 4.78 is 0. The van der Waals surface area contributed by atoms with E-state index in [2.05, 4.69) is 0 Å². The topological polar surface area (TPSA) is 57.6 Å². The van der Waals surface area contributed by atoms with E-state index in [0.717, 1.165) is 31.2 Å². The van der Waals surface area contributed by atoms with Crippen LogP contribution in [0.2, 0.25) is 0 Å². The highest BCUT2D eigenvalue weighted by Gasteiger charge is 2.40. The molecule has 1 aromatic rings. The van der Waals surface area contributed by atoms with Gasteiger partial charge in [-0.15, -0.1) is 11.3 Å². The van der Waals surface area contributed by atoms with Gasteiger partial charge in [-0.25, -0.2) is 4.79 Å². The van der Waals surface area contributed by atoms with E-state index >= 15 is 0 Å². The van der Waals surface area contributed by atoms with Crippen LogP contribution in [0, 0.1) is 5.92 Å². The van der Waals surface area contributed by atoms with Crippen molar-refractivity contribution in [2.75, 3.05) is 6.54 Å². The van der Waals surface area contributed by atoms with E-state index in [1.807, 2.05) is 12.3 Å². The highest BCUT2D eigenvalue weighted by atomic mass is 32.1. The van der Waals surface area contributed by atoms with Crippen LogP contribution in [0.4, 0.5) is 0 Å². The van der Waals surface area contributed by atoms with Crippen molar-refractivity contribution in [2.45, 2.75) is 45.1 Å². The maximum atomic E-state index is 12.7. The Labute approximate surface area is 122 Å². The second kappa shape index (κ2) is 5.20. The van der Waals surface area contributed by atoms with Crippen LogP contribution in [-0.2, 0) is 17.6 Å². The van der Waals surface area contributed by atoms with Crippen LogP contribution in [0.15, 0.2) is 5.38 Å². The van der Waals surface area contributed by atoms with E-state index in [-0.39, 0.29) is 11.8 Å². The SMILES string of the molecule is CC1CCN(C(=O)c2csc3c2CCCC3)C1C(=O)O. The molecule has 3 rings (SSSR count). The van der Waals surface area contributed by atoms with Gasteiger partial charge >= 0.3 is 5.97 Å². The fraction of sp³-hybridized carbons (Fsp3) is 0.600. The molecule has 1 N–H and O–H groups in total. The number of thiophene rings is 1. The number of aryl methyl sites for hydroxylation is 1. The van der Waals surface area contributed by atoms with Crippen molar-refractivity contribution in [2.24, 2.45) is 5.92 Å². The highest BCUT2D eigenvalue weighted by Crippen LogP contribution is 2.33. The average molecular weight is 293 g/mol. The van der Waals surface area contributed by atoms with Gasteiger partial charge in [-0.3, -0.25) is 4.79 Å². The Bertz CT molecular complexity index is 551. The molecule has 5 heteroatoms. The van der Waals surface area contributed by atoms with Gasteiger partial charge in [0.25, 0.3) is 5.91 Å². The summed E-state index contributed by atoms with van der Waals surface area (Å²) in [5.74, 6) is -0.931. The number of carbonyl (C=O) groups excluding carboxylic acids is 1. The Morgan fingerprint density at radius 3 is 2.85 bits per heavy atom. The summed E-state index contributed by atoms with van der Waals surface area (Å²) in [6, 6.07) is -0.665. The fourth-order valence-corrected chi connectivity index (χ4v) is 4.50. The minimum absolute atomic E-state index is 0.0333. The third-order valence-electron chi connectivity index (χ3n) is 4.51. The molecule has 1 aromatic heterocycles. The van der Waals surface area contributed by atoms with Gasteiger partial charge in [0, 0.05) is 16.8 Å². The molecule has 1 fully saturated rings. The monoisotopic (exact) mass is 293 g/mol. The molecule has 2 heterocycles. The van der Waals surface area contributed by atoms with Crippen molar-refractivity contribution < 1.29 is 14.7 Å². The van der Waals surface area contributed by atoms with E-state index < -0.39 is 12.0 Å². The smallest absolute Gasteiger partial charge is 0.326 e. The molecule has 108 valence electrons. The largest absolute Gasteiger partial charge is 0.480 e. The number of amides is 1. The summed E-state index contributed by atoms with van der Waals surface area (Å²) in [6.45, 7) is 2.47. The lowest BCUT2D eigenvalue weighted by molar-refractivity contribution is -0.142. The van der Waals surface area contributed by atoms with Crippen LogP contribution in [0.3, 0.4) is 0 Å². The molecule has 0 saturated carbocycles. The van der Waals surface area contributed by atoms with Crippen LogP contribution in [0.25, 0.3) is 0 Å². The van der Waals surface area contributed by atoms with Crippen molar-refractivity contribution in [3.05, 3.63) is 21.4 Å². The number of fused-ring (bicyclic) bond motifs is 1. The molecule has 20 heavy (non-hydrogen) atoms. The Kier molecular flexibility index (Phi) is 3.54. The average Bonchev–Trinajstić information content (AvgIpc) is 3.01. The highest BCUT2D eigenvalue weighted by molar-refractivity contribution is 7.10. The van der Waals surface area contributed by atoms with Crippen molar-refractivity contribution in [1.29, 1.82) is 0 Å². The normalized spacial score (nSPS) is 25.6. The number of likely N-dealkylation sites (tertiary alicyclic amines) is 1. The van der Waals surface area contributed by atoms with Crippen molar-refractivity contribution in [3.63, 3.8) is 0 Å². The maximum Gasteiger partial charge on any atom is 0.326 e. The predicted octanol–water partition coefficient (Wildman–Crippen LogP) is 2.56. The Balaban J connectivity index is 1.89. The summed E-state index contributed by atoms with van der Waals surface area (Å²) in [7, 11) is 0. The molecule has 4 nitrogen and oxygen atoms in total. The zero-order valence-corrected chi connectivity index (χ0v) is 12.4. The third kappa shape index (κ3) is 2.14. The van der Waals surface area contributed by atoms with Crippen molar-refractivity contribution in [3.8, 4) is 0 Å². The van der Waals surface area contributed by atoms with E-state index in [0.29, 0.717) is 6.54 Å². The zero-order valence-electron chi connectivity index (χ0n) is 11.6. The maximum absolute atomic E-state index is 12.7. The van der Waals surface area contributed by atoms with Gasteiger partial charge in [0.1, 0.15) is 6.04 Å². The second-order valence-corrected chi connectivity index (χ2v) is 6.77. The first-order chi connectivity index (χ1) is 9.59. The van der Waals surface area contributed by atoms with Gasteiger partial charge in [0.2, 0.25) is 0 Å². The third-order valence-corrected chi connectivity index (χ3v) is 5.59. The number of aliphatic carboxylic acids is 1. The fourth-order valence-electron chi connectivity index (χ4n) is 3.38.